The van der Waals surface area contributed by atoms with E-state index in [1.54, 1.807) is 0 Å². The van der Waals surface area contributed by atoms with Crippen LogP contribution in [0.3, 0.4) is 0 Å². The molecule has 0 aliphatic rings. The van der Waals surface area contributed by atoms with Crippen LogP contribution in [0.5, 0.6) is 0 Å². The second kappa shape index (κ2) is 57.7. The van der Waals surface area contributed by atoms with Gasteiger partial charge in [0.15, 0.2) is 0 Å². The second-order valence-corrected chi connectivity index (χ2v) is 1.15. The predicted octanol–water partition coefficient (Wildman–Crippen LogP) is 2.91. The van der Waals surface area contributed by atoms with E-state index >= 15 is 0 Å². The van der Waals surface area contributed by atoms with Gasteiger partial charge in [-0.25, -0.2) is 0 Å². The third-order valence-corrected chi connectivity index (χ3v) is 0. The third kappa shape index (κ3) is 269. The zero-order valence-electron chi connectivity index (χ0n) is 6.97. The molecule has 0 bridgehead atoms. The van der Waals surface area contributed by atoms with Gasteiger partial charge in [-0.2, -0.15) is 27.7 Å². The van der Waals surface area contributed by atoms with E-state index in [1.807, 2.05) is 40.5 Å². The summed E-state index contributed by atoms with van der Waals surface area (Å²) in [5, 5.41) is 0. The van der Waals surface area contributed by atoms with Crippen LogP contribution in [0.4, 0.5) is 0 Å². The molecule has 0 nitrogen and oxygen atoms in total. The van der Waals surface area contributed by atoms with Crippen molar-refractivity contribution >= 4 is 0 Å². The van der Waals surface area contributed by atoms with Crippen LogP contribution in [0.25, 0.3) is 0 Å². The van der Waals surface area contributed by atoms with Crippen LogP contribution in [-0.4, -0.2) is 0 Å². The molecular formula is C7H17W2-. The van der Waals surface area contributed by atoms with E-state index in [0.29, 0.717) is 0 Å². The fraction of sp³-hybridized carbons (Fsp3) is 0.571. The van der Waals surface area contributed by atoms with Gasteiger partial charge in [-0.1, -0.05) is 0 Å². The Kier molecular flexibility index (Phi) is 202. The molecule has 0 radical (unpaired) electrons. The number of rotatable bonds is 0. The molecule has 9 heavy (non-hydrogen) atoms. The van der Waals surface area contributed by atoms with Crippen molar-refractivity contribution in [3.63, 3.8) is 0 Å². The molecule has 0 atom stereocenters. The normalized spacial score (nSPS) is 4.00. The van der Waals surface area contributed by atoms with Crippen molar-refractivity contribution in [1.82, 2.24) is 0 Å². The largest absolute Gasteiger partial charge is 2.00 e. The molecule has 0 rings (SSSR count). The zero-order valence-corrected chi connectivity index (χ0v) is 12.8. The van der Waals surface area contributed by atoms with Gasteiger partial charge >= 0.3 is 21.1 Å². The van der Waals surface area contributed by atoms with Crippen molar-refractivity contribution in [3.05, 3.63) is 20.3 Å². The van der Waals surface area contributed by atoms with Crippen molar-refractivity contribution < 1.29 is 42.1 Å². The molecule has 0 fully saturated rings. The summed E-state index contributed by atoms with van der Waals surface area (Å²) in [6.07, 6.45) is 4.00. The van der Waals surface area contributed by atoms with Gasteiger partial charge < -0.3 is 20.3 Å². The maximum atomic E-state index is 2.00. The molecule has 0 saturated carbocycles. The SMILES string of the molecule is C[CH-]C.C[CH-]C.[CH3-].[W+2].[W]. The first kappa shape index (κ1) is 31.6. The molecular weight excluding hydrogens is 452 g/mol. The molecule has 0 heterocycles. The number of hydrogen-bond donors (Lipinski definition) is 0. The van der Waals surface area contributed by atoms with E-state index in [2.05, 4.69) is 0 Å². The predicted molar refractivity (Wildman–Crippen MR) is 37.7 cm³/mol. The summed E-state index contributed by atoms with van der Waals surface area (Å²) >= 11 is 0. The van der Waals surface area contributed by atoms with Gasteiger partial charge in [-0.05, 0) is 0 Å². The van der Waals surface area contributed by atoms with Gasteiger partial charge in [0.05, 0.1) is 0 Å². The molecule has 0 amide bonds. The molecule has 58 valence electrons. The van der Waals surface area contributed by atoms with Crippen LogP contribution in [0.15, 0.2) is 0 Å². The van der Waals surface area contributed by atoms with Crippen molar-refractivity contribution in [3.8, 4) is 0 Å². The Balaban J connectivity index is -0.00000000889. The topological polar surface area (TPSA) is 0 Å². The van der Waals surface area contributed by atoms with Gasteiger partial charge in [0.1, 0.15) is 0 Å². The molecule has 0 aromatic rings. The van der Waals surface area contributed by atoms with Crippen molar-refractivity contribution in [2.75, 3.05) is 0 Å². The maximum absolute atomic E-state index is 2.00. The minimum Gasteiger partial charge on any atom is -0.358 e. The van der Waals surface area contributed by atoms with Gasteiger partial charge in [0.25, 0.3) is 0 Å². The molecule has 0 spiro atoms. The van der Waals surface area contributed by atoms with E-state index in [-0.39, 0.29) is 49.6 Å². The summed E-state index contributed by atoms with van der Waals surface area (Å²) in [4.78, 5) is 0. The van der Waals surface area contributed by atoms with Crippen molar-refractivity contribution in [2.45, 2.75) is 27.7 Å². The van der Waals surface area contributed by atoms with Crippen LogP contribution in [-0.2, 0) is 42.1 Å². The summed E-state index contributed by atoms with van der Waals surface area (Å²) in [6, 6.07) is 0. The summed E-state index contributed by atoms with van der Waals surface area (Å²) in [7, 11) is 0. The van der Waals surface area contributed by atoms with Gasteiger partial charge in [0, 0.05) is 21.1 Å². The van der Waals surface area contributed by atoms with E-state index in [1.165, 1.54) is 0 Å². The molecule has 0 saturated heterocycles. The molecule has 0 N–H and O–H groups in total. The van der Waals surface area contributed by atoms with Crippen LogP contribution < -0.4 is 0 Å². The Labute approximate surface area is 89.7 Å². The molecule has 0 aromatic carbocycles. The van der Waals surface area contributed by atoms with Gasteiger partial charge in [0.2, 0.25) is 0 Å². The van der Waals surface area contributed by atoms with Crippen molar-refractivity contribution in [1.29, 1.82) is 0 Å². The molecule has 0 aliphatic carbocycles. The maximum Gasteiger partial charge on any atom is 2.00 e. The van der Waals surface area contributed by atoms with Gasteiger partial charge in [-0.15, -0.1) is 0 Å². The average Bonchev–Trinajstić information content (AvgIpc) is 1.39. The van der Waals surface area contributed by atoms with E-state index < -0.39 is 0 Å². The Bertz CT molecular complexity index is 8.88. The Hall–Kier alpha value is 1.38. The Morgan fingerprint density at radius 2 is 0.778 bits per heavy atom. The molecule has 0 aromatic heterocycles. The molecule has 0 aliphatic heterocycles. The quantitative estimate of drug-likeness (QED) is 0.480. The minimum atomic E-state index is 0. The van der Waals surface area contributed by atoms with E-state index in [4.69, 9.17) is 0 Å². The fourth-order valence-corrected chi connectivity index (χ4v) is 0. The van der Waals surface area contributed by atoms with E-state index in [0.717, 1.165) is 0 Å². The smallest absolute Gasteiger partial charge is 0.358 e. The Morgan fingerprint density at radius 3 is 0.778 bits per heavy atom. The summed E-state index contributed by atoms with van der Waals surface area (Å²) in [5.74, 6) is 0. The second-order valence-electron chi connectivity index (χ2n) is 1.15. The minimum absolute atomic E-state index is 0. The van der Waals surface area contributed by atoms with E-state index in [9.17, 15) is 0 Å². The summed E-state index contributed by atoms with van der Waals surface area (Å²) < 4.78 is 0. The summed E-state index contributed by atoms with van der Waals surface area (Å²) in [5.41, 5.74) is 0. The first-order valence-corrected chi connectivity index (χ1v) is 2.31. The van der Waals surface area contributed by atoms with Crippen LogP contribution >= 0.6 is 0 Å². The van der Waals surface area contributed by atoms with Gasteiger partial charge in [-0.3, -0.25) is 0 Å². The zero-order chi connectivity index (χ0) is 5.41. The average molecular weight is 469 g/mol. The number of hydrogen-bond acceptors (Lipinski definition) is 0. The monoisotopic (exact) mass is 469 g/mol. The fourth-order valence-electron chi connectivity index (χ4n) is 0. The molecule has 2 heteroatoms. The first-order chi connectivity index (χ1) is 2.83. The third-order valence-electron chi connectivity index (χ3n) is 0. The van der Waals surface area contributed by atoms with Crippen LogP contribution in [0.2, 0.25) is 0 Å². The van der Waals surface area contributed by atoms with Crippen LogP contribution in [0.1, 0.15) is 27.7 Å². The Morgan fingerprint density at radius 1 is 0.778 bits per heavy atom. The van der Waals surface area contributed by atoms with Crippen LogP contribution in [0, 0.1) is 20.3 Å². The van der Waals surface area contributed by atoms with Crippen molar-refractivity contribution in [2.24, 2.45) is 0 Å². The summed E-state index contributed by atoms with van der Waals surface area (Å²) in [6.45, 7) is 8.00. The molecule has 0 unspecified atom stereocenters. The standard InChI is InChI=1S/2C3H7.CH3.2W/c2*1-3-2;;;/h2*3H,1-2H3;1H3;;/q3*-1;;+2. The first-order valence-electron chi connectivity index (χ1n) is 2.31.